The van der Waals surface area contributed by atoms with E-state index in [1.807, 2.05) is 36.4 Å². The van der Waals surface area contributed by atoms with Gasteiger partial charge in [-0.1, -0.05) is 47.5 Å². The monoisotopic (exact) mass is 201 g/mol. The zero-order valence-corrected chi connectivity index (χ0v) is 8.68. The molecule has 2 aromatic carbocycles. The molecule has 14 heavy (non-hydrogen) atoms. The molecule has 0 heterocycles. The molecule has 69 valence electrons. The predicted molar refractivity (Wildman–Crippen MR) is 60.5 cm³/mol. The molecule has 0 aliphatic rings. The van der Waals surface area contributed by atoms with Crippen LogP contribution in [0.2, 0.25) is 5.02 Å². The van der Waals surface area contributed by atoms with Crippen molar-refractivity contribution >= 4 is 11.6 Å². The predicted octanol–water partition coefficient (Wildman–Crippen LogP) is 4.12. The first-order chi connectivity index (χ1) is 6.75. The third-order valence-electron chi connectivity index (χ3n) is 2.11. The van der Waals surface area contributed by atoms with Crippen LogP contribution in [0.15, 0.2) is 42.5 Å². The maximum absolute atomic E-state index is 5.82. The van der Waals surface area contributed by atoms with Crippen LogP contribution < -0.4 is 0 Å². The van der Waals surface area contributed by atoms with Crippen LogP contribution >= 0.6 is 11.6 Å². The molecule has 0 spiro atoms. The van der Waals surface area contributed by atoms with Gasteiger partial charge in [0, 0.05) is 5.02 Å². The Morgan fingerprint density at radius 1 is 1.07 bits per heavy atom. The summed E-state index contributed by atoms with van der Waals surface area (Å²) in [4.78, 5) is 0. The highest BCUT2D eigenvalue weighted by Crippen LogP contribution is 2.21. The average molecular weight is 202 g/mol. The van der Waals surface area contributed by atoms with E-state index in [1.54, 1.807) is 0 Å². The Balaban J connectivity index is 2.44. The number of halogens is 1. The molecule has 2 rings (SSSR count). The lowest BCUT2D eigenvalue weighted by molar-refractivity contribution is 1.46. The van der Waals surface area contributed by atoms with Gasteiger partial charge in [0.05, 0.1) is 0 Å². The minimum Gasteiger partial charge on any atom is -0.0843 e. The summed E-state index contributed by atoms with van der Waals surface area (Å²) in [6, 6.07) is 17.1. The largest absolute Gasteiger partial charge is 0.0843 e. The van der Waals surface area contributed by atoms with Crippen molar-refractivity contribution in [3.8, 4) is 11.1 Å². The first kappa shape index (κ1) is 9.29. The number of hydrogen-bond donors (Lipinski definition) is 0. The molecule has 2 aromatic rings. The normalized spacial score (nSPS) is 10.1. The van der Waals surface area contributed by atoms with E-state index in [9.17, 15) is 0 Å². The van der Waals surface area contributed by atoms with Gasteiger partial charge in [0.25, 0.3) is 0 Å². The van der Waals surface area contributed by atoms with Crippen LogP contribution in [0.5, 0.6) is 0 Å². The standard InChI is InChI=1S/C13H10Cl/c1-10-3-2-4-12(9-10)11-5-7-13(14)8-6-11/h2-3,5-9H,1H3. The second kappa shape index (κ2) is 3.85. The fourth-order valence-corrected chi connectivity index (χ4v) is 1.50. The molecule has 1 heteroatoms. The van der Waals surface area contributed by atoms with Crippen molar-refractivity contribution in [2.24, 2.45) is 0 Å². The summed E-state index contributed by atoms with van der Waals surface area (Å²) in [6.07, 6.45) is 0. The average Bonchev–Trinajstić information content (AvgIpc) is 2.19. The first-order valence-electron chi connectivity index (χ1n) is 4.50. The Hall–Kier alpha value is -1.27. The van der Waals surface area contributed by atoms with E-state index in [4.69, 9.17) is 11.6 Å². The molecule has 0 aliphatic carbocycles. The maximum Gasteiger partial charge on any atom is 0.0406 e. The minimum atomic E-state index is 0.765. The fraction of sp³-hybridized carbons (Fsp3) is 0.0769. The van der Waals surface area contributed by atoms with E-state index in [0.29, 0.717) is 0 Å². The van der Waals surface area contributed by atoms with E-state index in [0.717, 1.165) is 16.1 Å². The van der Waals surface area contributed by atoms with Crippen molar-refractivity contribution in [1.82, 2.24) is 0 Å². The van der Waals surface area contributed by atoms with Crippen molar-refractivity contribution in [2.75, 3.05) is 0 Å². The molecule has 0 fully saturated rings. The third-order valence-corrected chi connectivity index (χ3v) is 2.36. The summed E-state index contributed by atoms with van der Waals surface area (Å²) in [5.41, 5.74) is 3.51. The highest BCUT2D eigenvalue weighted by Gasteiger charge is 1.97. The van der Waals surface area contributed by atoms with Gasteiger partial charge in [-0.05, 0) is 36.2 Å². The van der Waals surface area contributed by atoms with E-state index in [2.05, 4.69) is 19.1 Å². The van der Waals surface area contributed by atoms with Gasteiger partial charge in [0.2, 0.25) is 0 Å². The lowest BCUT2D eigenvalue weighted by atomic mass is 10.0. The number of hydrogen-bond acceptors (Lipinski definition) is 0. The van der Waals surface area contributed by atoms with Crippen molar-refractivity contribution < 1.29 is 0 Å². The van der Waals surface area contributed by atoms with Gasteiger partial charge in [-0.25, -0.2) is 0 Å². The lowest BCUT2D eigenvalue weighted by Crippen LogP contribution is -1.78. The molecular weight excluding hydrogens is 192 g/mol. The Morgan fingerprint density at radius 2 is 1.79 bits per heavy atom. The van der Waals surface area contributed by atoms with Gasteiger partial charge in [0.1, 0.15) is 0 Å². The van der Waals surface area contributed by atoms with Gasteiger partial charge in [-0.3, -0.25) is 0 Å². The van der Waals surface area contributed by atoms with Crippen LogP contribution in [0, 0.1) is 13.0 Å². The summed E-state index contributed by atoms with van der Waals surface area (Å²) < 4.78 is 0. The van der Waals surface area contributed by atoms with Gasteiger partial charge >= 0.3 is 0 Å². The molecule has 0 nitrogen and oxygen atoms in total. The van der Waals surface area contributed by atoms with E-state index in [-0.39, 0.29) is 0 Å². The van der Waals surface area contributed by atoms with Crippen molar-refractivity contribution in [1.29, 1.82) is 0 Å². The zero-order valence-electron chi connectivity index (χ0n) is 7.92. The highest BCUT2D eigenvalue weighted by molar-refractivity contribution is 6.30. The van der Waals surface area contributed by atoms with Crippen LogP contribution in [0.25, 0.3) is 11.1 Å². The van der Waals surface area contributed by atoms with Gasteiger partial charge in [-0.2, -0.15) is 0 Å². The summed E-state index contributed by atoms with van der Waals surface area (Å²) in [5.74, 6) is 0. The van der Waals surface area contributed by atoms with E-state index < -0.39 is 0 Å². The fourth-order valence-electron chi connectivity index (χ4n) is 1.38. The maximum atomic E-state index is 5.82. The van der Waals surface area contributed by atoms with Gasteiger partial charge in [0.15, 0.2) is 0 Å². The van der Waals surface area contributed by atoms with Crippen molar-refractivity contribution in [3.05, 3.63) is 59.1 Å². The lowest BCUT2D eigenvalue weighted by Gasteiger charge is -2.01. The summed E-state index contributed by atoms with van der Waals surface area (Å²) in [6.45, 7) is 2.08. The Morgan fingerprint density at radius 3 is 2.43 bits per heavy atom. The molecular formula is C13H10Cl. The Bertz CT molecular complexity index is 429. The van der Waals surface area contributed by atoms with Gasteiger partial charge < -0.3 is 0 Å². The second-order valence-corrected chi connectivity index (χ2v) is 3.72. The number of aryl methyl sites for hydroxylation is 1. The van der Waals surface area contributed by atoms with Crippen LogP contribution in [0.1, 0.15) is 5.56 Å². The van der Waals surface area contributed by atoms with Gasteiger partial charge in [-0.15, -0.1) is 0 Å². The van der Waals surface area contributed by atoms with Crippen LogP contribution in [0.3, 0.4) is 0 Å². The molecule has 0 bridgehead atoms. The Kier molecular flexibility index (Phi) is 2.55. The number of benzene rings is 2. The first-order valence-corrected chi connectivity index (χ1v) is 4.88. The van der Waals surface area contributed by atoms with Crippen molar-refractivity contribution in [2.45, 2.75) is 6.92 Å². The molecule has 0 saturated carbocycles. The van der Waals surface area contributed by atoms with Crippen LogP contribution in [-0.4, -0.2) is 0 Å². The van der Waals surface area contributed by atoms with Crippen molar-refractivity contribution in [3.63, 3.8) is 0 Å². The number of rotatable bonds is 1. The molecule has 0 unspecified atom stereocenters. The molecule has 0 amide bonds. The topological polar surface area (TPSA) is 0 Å². The summed E-state index contributed by atoms with van der Waals surface area (Å²) in [7, 11) is 0. The molecule has 0 atom stereocenters. The molecule has 0 N–H and O–H groups in total. The SMILES string of the molecule is Cc1cc[c]c(-c2ccc(Cl)cc2)c1. The van der Waals surface area contributed by atoms with Crippen LogP contribution in [-0.2, 0) is 0 Å². The zero-order chi connectivity index (χ0) is 9.97. The second-order valence-electron chi connectivity index (χ2n) is 3.29. The molecule has 0 saturated heterocycles. The smallest absolute Gasteiger partial charge is 0.0406 e. The quantitative estimate of drug-likeness (QED) is 0.651. The van der Waals surface area contributed by atoms with E-state index in [1.165, 1.54) is 5.56 Å². The summed E-state index contributed by atoms with van der Waals surface area (Å²) in [5, 5.41) is 0.765. The third kappa shape index (κ3) is 1.97. The highest BCUT2D eigenvalue weighted by atomic mass is 35.5. The Labute approximate surface area is 89.2 Å². The molecule has 0 aromatic heterocycles. The van der Waals surface area contributed by atoms with Crippen LogP contribution in [0.4, 0.5) is 0 Å². The van der Waals surface area contributed by atoms with E-state index >= 15 is 0 Å². The molecule has 0 aliphatic heterocycles. The molecule has 1 radical (unpaired) electrons. The summed E-state index contributed by atoms with van der Waals surface area (Å²) >= 11 is 5.82. The minimum absolute atomic E-state index is 0.765.